The van der Waals surface area contributed by atoms with Gasteiger partial charge in [-0.3, -0.25) is 4.79 Å². The van der Waals surface area contributed by atoms with Crippen LogP contribution in [0.15, 0.2) is 59.5 Å². The summed E-state index contributed by atoms with van der Waals surface area (Å²) in [5.41, 5.74) is 1.02. The van der Waals surface area contributed by atoms with E-state index in [-0.39, 0.29) is 29.1 Å². The molecule has 150 valence electrons. The third kappa shape index (κ3) is 5.17. The summed E-state index contributed by atoms with van der Waals surface area (Å²) in [6.07, 6.45) is 2.85. The average Bonchev–Trinajstić information content (AvgIpc) is 2.73. The van der Waals surface area contributed by atoms with Gasteiger partial charge in [0.2, 0.25) is 15.9 Å². The van der Waals surface area contributed by atoms with E-state index in [0.717, 1.165) is 18.4 Å². The molecule has 2 aromatic rings. The van der Waals surface area contributed by atoms with Crippen LogP contribution in [0.1, 0.15) is 24.8 Å². The summed E-state index contributed by atoms with van der Waals surface area (Å²) in [4.78, 5) is 12.7. The number of sulfonamides is 1. The van der Waals surface area contributed by atoms with Gasteiger partial charge in [-0.2, -0.15) is 4.31 Å². The Hall–Kier alpha value is -2.25. The maximum absolute atomic E-state index is 12.9. The van der Waals surface area contributed by atoms with Crippen LogP contribution in [0.3, 0.4) is 0 Å². The average molecular weight is 405 g/mol. The van der Waals surface area contributed by atoms with E-state index >= 15 is 0 Å². The van der Waals surface area contributed by atoms with E-state index in [9.17, 15) is 17.6 Å². The van der Waals surface area contributed by atoms with Crippen molar-refractivity contribution < 1.29 is 17.6 Å². The molecule has 1 atom stereocenters. The van der Waals surface area contributed by atoms with Crippen LogP contribution in [0.4, 0.5) is 4.39 Å². The molecule has 0 aromatic heterocycles. The zero-order valence-electron chi connectivity index (χ0n) is 15.7. The molecule has 1 saturated heterocycles. The molecule has 0 radical (unpaired) electrons. The fourth-order valence-corrected chi connectivity index (χ4v) is 4.96. The molecule has 1 N–H and O–H groups in total. The second-order valence-corrected chi connectivity index (χ2v) is 8.97. The molecular weight excluding hydrogens is 379 g/mol. The molecule has 28 heavy (non-hydrogen) atoms. The Bertz CT molecular complexity index is 886. The summed E-state index contributed by atoms with van der Waals surface area (Å²) in [6, 6.07) is 14.7. The van der Waals surface area contributed by atoms with Gasteiger partial charge in [-0.05, 0) is 55.5 Å². The number of halogens is 1. The molecule has 0 bridgehead atoms. The van der Waals surface area contributed by atoms with Crippen LogP contribution in [0.5, 0.6) is 0 Å². The highest BCUT2D eigenvalue weighted by Gasteiger charge is 2.33. The second-order valence-electron chi connectivity index (χ2n) is 7.04. The van der Waals surface area contributed by atoms with E-state index in [2.05, 4.69) is 5.32 Å². The van der Waals surface area contributed by atoms with Crippen molar-refractivity contribution in [3.05, 3.63) is 66.0 Å². The molecule has 0 unspecified atom stereocenters. The van der Waals surface area contributed by atoms with Crippen molar-refractivity contribution in [2.45, 2.75) is 30.6 Å². The lowest BCUT2D eigenvalue weighted by Crippen LogP contribution is -2.45. The lowest BCUT2D eigenvalue weighted by molar-refractivity contribution is -0.126. The van der Waals surface area contributed by atoms with Crippen LogP contribution in [-0.4, -0.2) is 38.3 Å². The molecule has 7 heteroatoms. The fourth-order valence-electron chi connectivity index (χ4n) is 3.42. The van der Waals surface area contributed by atoms with Gasteiger partial charge in [-0.25, -0.2) is 12.8 Å². The van der Waals surface area contributed by atoms with Crippen molar-refractivity contribution in [2.75, 3.05) is 19.6 Å². The van der Waals surface area contributed by atoms with E-state index < -0.39 is 10.0 Å². The Kier molecular flexibility index (Phi) is 6.80. The van der Waals surface area contributed by atoms with Crippen LogP contribution in [-0.2, 0) is 21.2 Å². The molecule has 0 spiro atoms. The van der Waals surface area contributed by atoms with Crippen LogP contribution in [0.25, 0.3) is 0 Å². The molecule has 1 aliphatic rings. The quantitative estimate of drug-likeness (QED) is 0.722. The first-order valence-corrected chi connectivity index (χ1v) is 11.0. The fraction of sp³-hybridized carbons (Fsp3) is 0.381. The monoisotopic (exact) mass is 404 g/mol. The van der Waals surface area contributed by atoms with Crippen LogP contribution < -0.4 is 5.32 Å². The second kappa shape index (κ2) is 9.30. The van der Waals surface area contributed by atoms with Crippen LogP contribution >= 0.6 is 0 Å². The number of aryl methyl sites for hydroxylation is 1. The number of nitrogens with zero attached hydrogens (tertiary/aromatic N) is 1. The standard InChI is InChI=1S/C21H25FN2O3S/c22-19-12-10-17(11-13-19)6-4-14-23-21(25)18-7-5-15-24(16-18)28(26,27)20-8-2-1-3-9-20/h1-3,8-13,18H,4-7,14-16H2,(H,23,25)/t18-/m0/s1. The van der Waals surface area contributed by atoms with Crippen LogP contribution in [0, 0.1) is 11.7 Å². The lowest BCUT2D eigenvalue weighted by Gasteiger charge is -2.31. The normalized spacial score (nSPS) is 18.0. The first kappa shape index (κ1) is 20.5. The Morgan fingerprint density at radius 3 is 2.54 bits per heavy atom. The molecular formula is C21H25FN2O3S. The minimum atomic E-state index is -3.57. The Labute approximate surface area is 165 Å². The molecule has 3 rings (SSSR count). The number of piperidine rings is 1. The summed E-state index contributed by atoms with van der Waals surface area (Å²) < 4.78 is 39.8. The molecule has 2 aromatic carbocycles. The molecule has 0 saturated carbocycles. The number of nitrogens with one attached hydrogen (secondary N) is 1. The molecule has 1 heterocycles. The molecule has 1 aliphatic heterocycles. The molecule has 5 nitrogen and oxygen atoms in total. The number of carbonyl (C=O) groups excluding carboxylic acids is 1. The minimum absolute atomic E-state index is 0.105. The minimum Gasteiger partial charge on any atom is -0.356 e. The van der Waals surface area contributed by atoms with Crippen molar-refractivity contribution in [2.24, 2.45) is 5.92 Å². The summed E-state index contributed by atoms with van der Waals surface area (Å²) in [7, 11) is -3.57. The van der Waals surface area contributed by atoms with Gasteiger partial charge in [-0.1, -0.05) is 30.3 Å². The van der Waals surface area contributed by atoms with Gasteiger partial charge < -0.3 is 5.32 Å². The number of benzene rings is 2. The Balaban J connectivity index is 1.49. The van der Waals surface area contributed by atoms with Gasteiger partial charge in [-0.15, -0.1) is 0 Å². The Morgan fingerprint density at radius 2 is 1.82 bits per heavy atom. The van der Waals surface area contributed by atoms with Crippen molar-refractivity contribution in [1.29, 1.82) is 0 Å². The first-order valence-electron chi connectivity index (χ1n) is 9.54. The summed E-state index contributed by atoms with van der Waals surface area (Å²) in [5, 5.41) is 2.91. The zero-order valence-corrected chi connectivity index (χ0v) is 16.5. The smallest absolute Gasteiger partial charge is 0.243 e. The van der Waals surface area contributed by atoms with E-state index in [4.69, 9.17) is 0 Å². The summed E-state index contributed by atoms with van der Waals surface area (Å²) >= 11 is 0. The molecule has 1 fully saturated rings. The first-order chi connectivity index (χ1) is 13.5. The van der Waals surface area contributed by atoms with Gasteiger partial charge in [0.05, 0.1) is 10.8 Å². The zero-order chi connectivity index (χ0) is 20.0. The van der Waals surface area contributed by atoms with Crippen molar-refractivity contribution >= 4 is 15.9 Å². The van der Waals surface area contributed by atoms with Gasteiger partial charge in [0.15, 0.2) is 0 Å². The highest BCUT2D eigenvalue weighted by molar-refractivity contribution is 7.89. The topological polar surface area (TPSA) is 66.5 Å². The highest BCUT2D eigenvalue weighted by Crippen LogP contribution is 2.23. The molecule has 1 amide bonds. The maximum atomic E-state index is 12.9. The maximum Gasteiger partial charge on any atom is 0.243 e. The third-order valence-electron chi connectivity index (χ3n) is 4.99. The van der Waals surface area contributed by atoms with Crippen molar-refractivity contribution in [3.8, 4) is 0 Å². The lowest BCUT2D eigenvalue weighted by atomic mass is 9.99. The largest absolute Gasteiger partial charge is 0.356 e. The van der Waals surface area contributed by atoms with Crippen molar-refractivity contribution in [1.82, 2.24) is 9.62 Å². The highest BCUT2D eigenvalue weighted by atomic mass is 32.2. The molecule has 0 aliphatic carbocycles. The van der Waals surface area contributed by atoms with Gasteiger partial charge >= 0.3 is 0 Å². The van der Waals surface area contributed by atoms with Gasteiger partial charge in [0.1, 0.15) is 5.82 Å². The number of amides is 1. The number of hydrogen-bond acceptors (Lipinski definition) is 3. The summed E-state index contributed by atoms with van der Waals surface area (Å²) in [6.45, 7) is 1.16. The number of carbonyl (C=O) groups is 1. The van der Waals surface area contributed by atoms with E-state index in [1.165, 1.54) is 16.4 Å². The van der Waals surface area contributed by atoms with E-state index in [0.29, 0.717) is 25.9 Å². The van der Waals surface area contributed by atoms with Crippen LogP contribution in [0.2, 0.25) is 0 Å². The Morgan fingerprint density at radius 1 is 1.11 bits per heavy atom. The predicted molar refractivity (Wildman–Crippen MR) is 106 cm³/mol. The van der Waals surface area contributed by atoms with E-state index in [1.807, 2.05) is 0 Å². The SMILES string of the molecule is O=C(NCCCc1ccc(F)cc1)[C@H]1CCCN(S(=O)(=O)c2ccccc2)C1. The van der Waals surface area contributed by atoms with Gasteiger partial charge in [0, 0.05) is 19.6 Å². The van der Waals surface area contributed by atoms with Crippen molar-refractivity contribution in [3.63, 3.8) is 0 Å². The number of rotatable bonds is 7. The van der Waals surface area contributed by atoms with Gasteiger partial charge in [0.25, 0.3) is 0 Å². The number of hydrogen-bond donors (Lipinski definition) is 1. The summed E-state index contributed by atoms with van der Waals surface area (Å²) in [5.74, 6) is -0.700. The third-order valence-corrected chi connectivity index (χ3v) is 6.87. The predicted octanol–water partition coefficient (Wildman–Crippen LogP) is 2.98. The van der Waals surface area contributed by atoms with E-state index in [1.54, 1.807) is 42.5 Å².